The standard InChI is InChI=1S/C19H23F3N4O4S.C6H4Cl2/c20-19(21,22)31(27)26-9-7-25(8-10-26)15-1-3-16(4-2-15)28-12-17-13-29-18(30-17)11-24-6-5-23-14-24;7-5-2-1-3-6(8)4-5/h1-6,14,17-18H,7-13H2;1-4H. The Morgan fingerprint density at radius 2 is 1.74 bits per heavy atom. The third-order valence-corrected chi connectivity index (χ3v) is 7.53. The first-order valence-electron chi connectivity index (χ1n) is 12.0. The van der Waals surface area contributed by atoms with E-state index in [1.807, 2.05) is 46.0 Å². The summed E-state index contributed by atoms with van der Waals surface area (Å²) in [7, 11) is -2.96. The van der Waals surface area contributed by atoms with Gasteiger partial charge in [0.05, 0.1) is 19.5 Å². The second kappa shape index (κ2) is 13.8. The molecular formula is C25H27Cl2F3N4O4S. The molecule has 0 aliphatic carbocycles. The van der Waals surface area contributed by atoms with Crippen molar-refractivity contribution in [2.75, 3.05) is 44.3 Å². The SMILES string of the molecule is Clc1cccc(Cl)c1.O=S(N1CCN(c2ccc(OCC3COC(Cn4ccnc4)O3)cc2)CC1)C(F)(F)F. The topological polar surface area (TPSA) is 69.1 Å². The Morgan fingerprint density at radius 1 is 1.05 bits per heavy atom. The Balaban J connectivity index is 0.000000379. The number of alkyl halides is 3. The Kier molecular flexibility index (Phi) is 10.5. The Morgan fingerprint density at radius 3 is 2.31 bits per heavy atom. The summed E-state index contributed by atoms with van der Waals surface area (Å²) >= 11 is 11.1. The number of nitrogens with zero attached hydrogens (tertiary/aromatic N) is 4. The largest absolute Gasteiger partial charge is 0.491 e. The van der Waals surface area contributed by atoms with Crippen LogP contribution in [0.5, 0.6) is 5.75 Å². The molecule has 3 aromatic rings. The van der Waals surface area contributed by atoms with E-state index in [-0.39, 0.29) is 25.5 Å². The molecule has 2 fully saturated rings. The van der Waals surface area contributed by atoms with E-state index in [4.69, 9.17) is 37.4 Å². The number of piperazine rings is 1. The van der Waals surface area contributed by atoms with Crippen LogP contribution in [0, 0.1) is 0 Å². The second-order valence-corrected chi connectivity index (χ2v) is 11.0. The van der Waals surface area contributed by atoms with Crippen molar-refractivity contribution in [1.82, 2.24) is 13.9 Å². The summed E-state index contributed by atoms with van der Waals surface area (Å²) in [5.41, 5.74) is -3.83. The monoisotopic (exact) mass is 606 g/mol. The summed E-state index contributed by atoms with van der Waals surface area (Å²) in [5, 5.41) is 1.36. The zero-order valence-corrected chi connectivity index (χ0v) is 23.0. The molecule has 39 heavy (non-hydrogen) atoms. The van der Waals surface area contributed by atoms with Crippen LogP contribution in [0.1, 0.15) is 0 Å². The van der Waals surface area contributed by atoms with E-state index in [9.17, 15) is 17.4 Å². The van der Waals surface area contributed by atoms with Crippen molar-refractivity contribution < 1.29 is 31.6 Å². The Bertz CT molecular complexity index is 1180. The molecule has 2 aliphatic rings. The lowest BCUT2D eigenvalue weighted by atomic mass is 10.2. The molecule has 3 unspecified atom stereocenters. The highest BCUT2D eigenvalue weighted by molar-refractivity contribution is 7.83. The number of benzene rings is 2. The van der Waals surface area contributed by atoms with Crippen LogP contribution in [0.3, 0.4) is 0 Å². The van der Waals surface area contributed by atoms with Crippen LogP contribution in [-0.2, 0) is 27.0 Å². The highest BCUT2D eigenvalue weighted by Crippen LogP contribution is 2.26. The molecule has 0 amide bonds. The lowest BCUT2D eigenvalue weighted by Gasteiger charge is -2.35. The van der Waals surface area contributed by atoms with Crippen molar-refractivity contribution >= 4 is 39.9 Å². The maximum Gasteiger partial charge on any atom is 0.485 e. The van der Waals surface area contributed by atoms with E-state index >= 15 is 0 Å². The molecule has 0 N–H and O–H groups in total. The average molecular weight is 607 g/mol. The minimum Gasteiger partial charge on any atom is -0.491 e. The number of hydrogen-bond donors (Lipinski definition) is 0. The zero-order chi connectivity index (χ0) is 27.8. The van der Waals surface area contributed by atoms with E-state index in [2.05, 4.69) is 4.98 Å². The second-order valence-electron chi connectivity index (χ2n) is 8.64. The first-order chi connectivity index (χ1) is 18.7. The van der Waals surface area contributed by atoms with Crippen molar-refractivity contribution in [2.24, 2.45) is 0 Å². The van der Waals surface area contributed by atoms with Gasteiger partial charge in [-0.15, -0.1) is 0 Å². The number of anilines is 1. The van der Waals surface area contributed by atoms with Crippen molar-refractivity contribution in [3.05, 3.63) is 77.3 Å². The van der Waals surface area contributed by atoms with Crippen LogP contribution in [-0.4, -0.2) is 75.4 Å². The molecular weight excluding hydrogens is 580 g/mol. The highest BCUT2D eigenvalue weighted by Gasteiger charge is 2.42. The van der Waals surface area contributed by atoms with Gasteiger partial charge in [0.1, 0.15) is 18.5 Å². The van der Waals surface area contributed by atoms with Gasteiger partial charge in [-0.05, 0) is 42.5 Å². The molecule has 0 spiro atoms. The van der Waals surface area contributed by atoms with Gasteiger partial charge in [-0.25, -0.2) is 13.5 Å². The molecule has 212 valence electrons. The van der Waals surface area contributed by atoms with Gasteiger partial charge in [-0.2, -0.15) is 13.2 Å². The third-order valence-electron chi connectivity index (χ3n) is 5.83. The lowest BCUT2D eigenvalue weighted by molar-refractivity contribution is -0.0726. The van der Waals surface area contributed by atoms with Crippen molar-refractivity contribution in [3.63, 3.8) is 0 Å². The molecule has 1 aromatic heterocycles. The van der Waals surface area contributed by atoms with Crippen molar-refractivity contribution in [3.8, 4) is 5.75 Å². The maximum absolute atomic E-state index is 12.6. The fourth-order valence-electron chi connectivity index (χ4n) is 3.92. The Hall–Kier alpha value is -2.35. The molecule has 2 aliphatic heterocycles. The van der Waals surface area contributed by atoms with Gasteiger partial charge in [0, 0.05) is 54.3 Å². The predicted molar refractivity (Wildman–Crippen MR) is 143 cm³/mol. The minimum absolute atomic E-state index is 0.0869. The summed E-state index contributed by atoms with van der Waals surface area (Å²) in [4.78, 5) is 5.94. The number of ether oxygens (including phenoxy) is 3. The first kappa shape index (κ1) is 29.6. The molecule has 0 bridgehead atoms. The van der Waals surface area contributed by atoms with E-state index in [1.165, 1.54) is 0 Å². The van der Waals surface area contributed by atoms with Crippen LogP contribution in [0.15, 0.2) is 67.3 Å². The summed E-state index contributed by atoms with van der Waals surface area (Å²) in [6.07, 6.45) is 4.73. The van der Waals surface area contributed by atoms with Gasteiger partial charge in [0.25, 0.3) is 0 Å². The number of halogens is 5. The quantitative estimate of drug-likeness (QED) is 0.377. The van der Waals surface area contributed by atoms with Gasteiger partial charge >= 0.3 is 5.51 Å². The molecule has 3 atom stereocenters. The predicted octanol–water partition coefficient (Wildman–Crippen LogP) is 5.00. The minimum atomic E-state index is -4.71. The third kappa shape index (κ3) is 9.09. The summed E-state index contributed by atoms with van der Waals surface area (Å²) < 4.78 is 69.3. The number of rotatable bonds is 7. The van der Waals surface area contributed by atoms with Crippen LogP contribution in [0.4, 0.5) is 18.9 Å². The molecule has 0 saturated carbocycles. The summed E-state index contributed by atoms with van der Waals surface area (Å²) in [6.45, 7) is 2.27. The highest BCUT2D eigenvalue weighted by atomic mass is 35.5. The van der Waals surface area contributed by atoms with Crippen LogP contribution < -0.4 is 9.64 Å². The van der Waals surface area contributed by atoms with Crippen molar-refractivity contribution in [1.29, 1.82) is 0 Å². The first-order valence-corrected chi connectivity index (χ1v) is 13.9. The van der Waals surface area contributed by atoms with Gasteiger partial charge in [0.2, 0.25) is 11.0 Å². The lowest BCUT2D eigenvalue weighted by Crippen LogP contribution is -2.49. The summed E-state index contributed by atoms with van der Waals surface area (Å²) in [5.74, 6) is 0.669. The smallest absolute Gasteiger partial charge is 0.485 e. The van der Waals surface area contributed by atoms with Crippen LogP contribution >= 0.6 is 23.2 Å². The zero-order valence-electron chi connectivity index (χ0n) is 20.7. The number of aromatic nitrogens is 2. The molecule has 14 heteroatoms. The van der Waals surface area contributed by atoms with Gasteiger partial charge in [-0.3, -0.25) is 0 Å². The van der Waals surface area contributed by atoms with E-state index in [1.54, 1.807) is 30.7 Å². The number of hydrogen-bond acceptors (Lipinski definition) is 6. The van der Waals surface area contributed by atoms with E-state index in [0.717, 1.165) is 9.99 Å². The molecule has 5 rings (SSSR count). The van der Waals surface area contributed by atoms with Crippen LogP contribution in [0.25, 0.3) is 0 Å². The molecule has 2 aromatic carbocycles. The van der Waals surface area contributed by atoms with E-state index in [0.29, 0.717) is 48.6 Å². The fraction of sp³-hybridized carbons (Fsp3) is 0.400. The van der Waals surface area contributed by atoms with Gasteiger partial charge < -0.3 is 23.7 Å². The van der Waals surface area contributed by atoms with Gasteiger partial charge in [-0.1, -0.05) is 29.3 Å². The van der Waals surface area contributed by atoms with E-state index < -0.39 is 16.5 Å². The van der Waals surface area contributed by atoms with Crippen LogP contribution in [0.2, 0.25) is 10.0 Å². The molecule has 8 nitrogen and oxygen atoms in total. The molecule has 0 radical (unpaired) electrons. The Labute approximate surface area is 236 Å². The molecule has 3 heterocycles. The maximum atomic E-state index is 12.6. The summed E-state index contributed by atoms with van der Waals surface area (Å²) in [6, 6.07) is 14.4. The average Bonchev–Trinajstić information content (AvgIpc) is 3.60. The molecule has 2 saturated heterocycles. The van der Waals surface area contributed by atoms with Crippen molar-refractivity contribution in [2.45, 2.75) is 24.4 Å². The van der Waals surface area contributed by atoms with Gasteiger partial charge in [0.15, 0.2) is 6.29 Å². The fourth-order valence-corrected chi connectivity index (χ4v) is 5.14. The normalized spacial score (nSPS) is 20.8. The number of imidazole rings is 1.